The number of benzene rings is 1. The second kappa shape index (κ2) is 10.3. The highest BCUT2D eigenvalue weighted by atomic mass is 32.1. The van der Waals surface area contributed by atoms with Gasteiger partial charge in [-0.3, -0.25) is 19.7 Å². The smallest absolute Gasteiger partial charge is 0.259 e. The van der Waals surface area contributed by atoms with Crippen LogP contribution in [0.5, 0.6) is 0 Å². The van der Waals surface area contributed by atoms with E-state index in [1.54, 1.807) is 11.3 Å². The van der Waals surface area contributed by atoms with Gasteiger partial charge in [-0.05, 0) is 24.8 Å². The molecule has 0 spiro atoms. The predicted octanol–water partition coefficient (Wildman–Crippen LogP) is 2.38. The van der Waals surface area contributed by atoms with Crippen molar-refractivity contribution in [2.24, 2.45) is 5.92 Å². The minimum atomic E-state index is -0.161. The van der Waals surface area contributed by atoms with Gasteiger partial charge in [-0.15, -0.1) is 11.3 Å². The van der Waals surface area contributed by atoms with Crippen molar-refractivity contribution in [3.05, 3.63) is 64.3 Å². The van der Waals surface area contributed by atoms with Crippen LogP contribution in [0.25, 0.3) is 0 Å². The Kier molecular flexibility index (Phi) is 6.75. The number of hydrogen-bond donors (Lipinski definition) is 1. The lowest BCUT2D eigenvalue weighted by Crippen LogP contribution is -2.51. The number of rotatable bonds is 5. The lowest BCUT2D eigenvalue weighted by Gasteiger charge is -2.37. The standard InChI is InChI=1S/C28H32N6O3S/c1-31-10-9-22-25(17-31)38-28(29-22)30-27(37)20-6-2-3-7-23(20)33-11-13-34(14-12-33)26(36)18-32-15-19-5-4-8-24(35)21(19)16-32/h2-7,15,21H,8-14,16-18H2,1H3,(H,29,30,37). The number of nitrogens with zero attached hydrogens (tertiary/aromatic N) is 5. The maximum atomic E-state index is 13.3. The fourth-order valence-corrected chi connectivity index (χ4v) is 6.74. The van der Waals surface area contributed by atoms with Crippen LogP contribution in [0.2, 0.25) is 0 Å². The third kappa shape index (κ3) is 4.98. The second-order valence-corrected chi connectivity index (χ2v) is 11.5. The zero-order chi connectivity index (χ0) is 26.2. The van der Waals surface area contributed by atoms with Gasteiger partial charge in [0, 0.05) is 75.4 Å². The minimum Gasteiger partial charge on any atom is -0.367 e. The Morgan fingerprint density at radius 2 is 1.95 bits per heavy atom. The van der Waals surface area contributed by atoms with Crippen LogP contribution >= 0.6 is 11.3 Å². The summed E-state index contributed by atoms with van der Waals surface area (Å²) >= 11 is 1.55. The minimum absolute atomic E-state index is 0.0704. The number of hydrogen-bond acceptors (Lipinski definition) is 8. The lowest BCUT2D eigenvalue weighted by molar-refractivity contribution is -0.132. The Bertz CT molecular complexity index is 1330. The molecule has 1 N–H and O–H groups in total. The van der Waals surface area contributed by atoms with E-state index in [9.17, 15) is 14.4 Å². The van der Waals surface area contributed by atoms with Crippen LogP contribution in [-0.4, -0.2) is 90.1 Å². The molecule has 1 unspecified atom stereocenters. The summed E-state index contributed by atoms with van der Waals surface area (Å²) < 4.78 is 0. The number of Topliss-reactive ketones (excluding diaryl/α,β-unsaturated/α-hetero) is 1. The van der Waals surface area contributed by atoms with Gasteiger partial charge in [0.1, 0.15) is 5.78 Å². The molecule has 1 aromatic carbocycles. The number of carbonyl (C=O) groups is 3. The van der Waals surface area contributed by atoms with Gasteiger partial charge in [-0.2, -0.15) is 0 Å². The van der Waals surface area contributed by atoms with Crippen molar-refractivity contribution in [2.45, 2.75) is 19.4 Å². The maximum absolute atomic E-state index is 13.3. The van der Waals surface area contributed by atoms with Crippen molar-refractivity contribution in [2.75, 3.05) is 63.1 Å². The number of piperazine rings is 1. The van der Waals surface area contributed by atoms with E-state index in [1.165, 1.54) is 4.88 Å². The molecular formula is C28H32N6O3S. The van der Waals surface area contributed by atoms with Crippen LogP contribution in [0.3, 0.4) is 0 Å². The van der Waals surface area contributed by atoms with E-state index in [4.69, 9.17) is 0 Å². The summed E-state index contributed by atoms with van der Waals surface area (Å²) in [6.45, 7) is 5.21. The highest BCUT2D eigenvalue weighted by Crippen LogP contribution is 2.30. The summed E-state index contributed by atoms with van der Waals surface area (Å²) in [5.41, 5.74) is 3.59. The van der Waals surface area contributed by atoms with Crippen LogP contribution in [0.1, 0.15) is 27.3 Å². The second-order valence-electron chi connectivity index (χ2n) is 10.4. The van der Waals surface area contributed by atoms with Gasteiger partial charge in [0.15, 0.2) is 5.13 Å². The summed E-state index contributed by atoms with van der Waals surface area (Å²) in [6.07, 6.45) is 7.25. The van der Waals surface area contributed by atoms with Gasteiger partial charge in [0.2, 0.25) is 5.91 Å². The molecule has 198 valence electrons. The number of fused-ring (bicyclic) bond motifs is 2. The zero-order valence-electron chi connectivity index (χ0n) is 21.6. The summed E-state index contributed by atoms with van der Waals surface area (Å²) in [5, 5.41) is 3.67. The Balaban J connectivity index is 1.06. The number of nitrogens with one attached hydrogen (secondary N) is 1. The normalized spacial score (nSPS) is 21.3. The number of thiazole rings is 1. The third-order valence-corrected chi connectivity index (χ3v) is 8.77. The fourth-order valence-electron chi connectivity index (χ4n) is 5.66. The van der Waals surface area contributed by atoms with E-state index >= 15 is 0 Å². The molecule has 0 bridgehead atoms. The van der Waals surface area contributed by atoms with Crippen molar-refractivity contribution >= 4 is 39.8 Å². The van der Waals surface area contributed by atoms with E-state index in [1.807, 2.05) is 52.4 Å². The molecule has 4 heterocycles. The van der Waals surface area contributed by atoms with Gasteiger partial charge in [-0.25, -0.2) is 4.98 Å². The van der Waals surface area contributed by atoms with Crippen molar-refractivity contribution < 1.29 is 14.4 Å². The van der Waals surface area contributed by atoms with Crippen molar-refractivity contribution in [1.82, 2.24) is 19.7 Å². The molecule has 10 heteroatoms. The van der Waals surface area contributed by atoms with Crippen LogP contribution in [-0.2, 0) is 22.6 Å². The lowest BCUT2D eigenvalue weighted by atomic mass is 9.90. The van der Waals surface area contributed by atoms with Crippen molar-refractivity contribution in [3.8, 4) is 0 Å². The molecule has 0 saturated carbocycles. The number of anilines is 2. The van der Waals surface area contributed by atoms with Crippen LogP contribution < -0.4 is 10.2 Å². The number of amides is 2. The average molecular weight is 533 g/mol. The molecule has 1 atom stereocenters. The van der Waals surface area contributed by atoms with E-state index in [0.29, 0.717) is 49.8 Å². The van der Waals surface area contributed by atoms with Gasteiger partial charge < -0.3 is 19.6 Å². The molecule has 0 radical (unpaired) electrons. The average Bonchev–Trinajstić information content (AvgIpc) is 3.52. The maximum Gasteiger partial charge on any atom is 0.259 e. The van der Waals surface area contributed by atoms with Crippen LogP contribution in [0.4, 0.5) is 10.8 Å². The zero-order valence-corrected chi connectivity index (χ0v) is 22.4. The first-order valence-electron chi connectivity index (χ1n) is 13.2. The van der Waals surface area contributed by atoms with Gasteiger partial charge in [-0.1, -0.05) is 24.3 Å². The van der Waals surface area contributed by atoms with Gasteiger partial charge in [0.25, 0.3) is 5.91 Å². The number of ketones is 1. The quantitative estimate of drug-likeness (QED) is 0.633. The van der Waals surface area contributed by atoms with E-state index in [0.717, 1.165) is 36.5 Å². The SMILES string of the molecule is CN1CCc2nc(NC(=O)c3ccccc3N3CCN(C(=O)CN4C=C5C=CCC(=O)C5C4)CC3)sc2C1. The molecule has 1 aromatic heterocycles. The summed E-state index contributed by atoms with van der Waals surface area (Å²) in [4.78, 5) is 52.6. The summed E-state index contributed by atoms with van der Waals surface area (Å²) in [5.74, 6) is 0.0437. The number of para-hydroxylation sites is 1. The van der Waals surface area contributed by atoms with Crippen molar-refractivity contribution in [1.29, 1.82) is 0 Å². The fraction of sp³-hybridized carbons (Fsp3) is 0.429. The van der Waals surface area contributed by atoms with Gasteiger partial charge >= 0.3 is 0 Å². The largest absolute Gasteiger partial charge is 0.367 e. The summed E-state index contributed by atoms with van der Waals surface area (Å²) in [6, 6.07) is 7.64. The first kappa shape index (κ1) is 24.8. The van der Waals surface area contributed by atoms with Gasteiger partial charge in [0.05, 0.1) is 23.7 Å². The molecule has 3 aliphatic heterocycles. The molecule has 4 aliphatic rings. The highest BCUT2D eigenvalue weighted by Gasteiger charge is 2.32. The van der Waals surface area contributed by atoms with E-state index in [2.05, 4.69) is 27.1 Å². The number of allylic oxidation sites excluding steroid dienone is 2. The Morgan fingerprint density at radius 1 is 1.13 bits per heavy atom. The van der Waals surface area contributed by atoms with Crippen molar-refractivity contribution in [3.63, 3.8) is 0 Å². The molecular weight excluding hydrogens is 500 g/mol. The predicted molar refractivity (Wildman–Crippen MR) is 147 cm³/mol. The monoisotopic (exact) mass is 532 g/mol. The van der Waals surface area contributed by atoms with E-state index in [-0.39, 0.29) is 30.1 Å². The molecule has 1 saturated heterocycles. The summed E-state index contributed by atoms with van der Waals surface area (Å²) in [7, 11) is 2.10. The molecule has 1 aliphatic carbocycles. The Morgan fingerprint density at radius 3 is 2.76 bits per heavy atom. The van der Waals surface area contributed by atoms with E-state index < -0.39 is 0 Å². The molecule has 2 amide bonds. The molecule has 9 nitrogen and oxygen atoms in total. The first-order chi connectivity index (χ1) is 18.4. The molecule has 6 rings (SSSR count). The molecule has 2 aromatic rings. The number of aromatic nitrogens is 1. The Labute approximate surface area is 226 Å². The molecule has 1 fully saturated rings. The van der Waals surface area contributed by atoms with Crippen LogP contribution in [0, 0.1) is 5.92 Å². The first-order valence-corrected chi connectivity index (χ1v) is 14.0. The van der Waals surface area contributed by atoms with Crippen LogP contribution in [0.15, 0.2) is 48.2 Å². The highest BCUT2D eigenvalue weighted by molar-refractivity contribution is 7.15. The third-order valence-electron chi connectivity index (χ3n) is 7.77. The number of carbonyl (C=O) groups excluding carboxylic acids is 3. The molecule has 38 heavy (non-hydrogen) atoms. The topological polar surface area (TPSA) is 89.1 Å². The Hall–Kier alpha value is -3.50. The number of likely N-dealkylation sites (N-methyl/N-ethyl adjacent to an activating group) is 1.